The summed E-state index contributed by atoms with van der Waals surface area (Å²) >= 11 is 9.83. The molecule has 0 spiro atoms. The highest BCUT2D eigenvalue weighted by atomic mass is 79.9. The van der Waals surface area contributed by atoms with Gasteiger partial charge >= 0.3 is 0 Å². The van der Waals surface area contributed by atoms with E-state index in [2.05, 4.69) is 46.5 Å². The van der Waals surface area contributed by atoms with Gasteiger partial charge in [0.05, 0.1) is 10.5 Å². The van der Waals surface area contributed by atoms with Gasteiger partial charge in [0.15, 0.2) is 0 Å². The maximum absolute atomic E-state index is 6.30. The molecule has 3 nitrogen and oxygen atoms in total. The topological polar surface area (TPSA) is 22.8 Å². The van der Waals surface area contributed by atoms with E-state index in [-0.39, 0.29) is 0 Å². The minimum Gasteiger partial charge on any atom is -0.311 e. The highest BCUT2D eigenvalue weighted by Crippen LogP contribution is 2.31. The first-order valence-corrected chi connectivity index (χ1v) is 7.13. The third-order valence-electron chi connectivity index (χ3n) is 3.37. The van der Waals surface area contributed by atoms with E-state index in [1.807, 2.05) is 23.7 Å². The van der Waals surface area contributed by atoms with Crippen molar-refractivity contribution < 1.29 is 0 Å². The van der Waals surface area contributed by atoms with Crippen LogP contribution in [0, 0.1) is 13.8 Å². The van der Waals surface area contributed by atoms with Gasteiger partial charge in [-0.15, -0.1) is 0 Å². The second-order valence-electron chi connectivity index (χ2n) is 4.65. The number of aryl methyl sites for hydroxylation is 3. The molecule has 0 aliphatic carbocycles. The first-order valence-electron chi connectivity index (χ1n) is 5.96. The van der Waals surface area contributed by atoms with Crippen molar-refractivity contribution in [1.29, 1.82) is 0 Å². The third kappa shape index (κ3) is 1.82. The van der Waals surface area contributed by atoms with Crippen LogP contribution in [0.3, 0.4) is 0 Å². The number of rotatable bonds is 1. The maximum Gasteiger partial charge on any atom is 0.215 e. The molecule has 5 heteroatoms. The van der Waals surface area contributed by atoms with Crippen LogP contribution in [0.2, 0.25) is 5.02 Å². The van der Waals surface area contributed by atoms with E-state index in [4.69, 9.17) is 16.6 Å². The second kappa shape index (κ2) is 4.39. The summed E-state index contributed by atoms with van der Waals surface area (Å²) in [4.78, 5) is 4.73. The van der Waals surface area contributed by atoms with Crippen LogP contribution in [0.25, 0.3) is 17.0 Å². The van der Waals surface area contributed by atoms with Gasteiger partial charge in [0.2, 0.25) is 5.95 Å². The number of benzene rings is 1. The van der Waals surface area contributed by atoms with Gasteiger partial charge in [-0.3, -0.25) is 4.57 Å². The molecule has 1 aromatic carbocycles. The normalized spacial score (nSPS) is 11.4. The predicted octanol–water partition coefficient (Wildman–Crippen LogP) is 4.40. The molecule has 2 aromatic heterocycles. The standard InChI is InChI=1S/C14H13BrClN3/c1-8-4-5-9(2)19(8)14-17-12-10(15)6-7-11(16)13(12)18(14)3/h4-7H,1-3H3. The summed E-state index contributed by atoms with van der Waals surface area (Å²) in [5.74, 6) is 0.879. The second-order valence-corrected chi connectivity index (χ2v) is 5.91. The zero-order valence-corrected chi connectivity index (χ0v) is 13.2. The van der Waals surface area contributed by atoms with Gasteiger partial charge < -0.3 is 4.57 Å². The maximum atomic E-state index is 6.30. The number of hydrogen-bond donors (Lipinski definition) is 0. The molecule has 0 saturated heterocycles. The van der Waals surface area contributed by atoms with Gasteiger partial charge in [0.25, 0.3) is 0 Å². The summed E-state index contributed by atoms with van der Waals surface area (Å²) in [6, 6.07) is 7.99. The van der Waals surface area contributed by atoms with Crippen molar-refractivity contribution >= 4 is 38.6 Å². The van der Waals surface area contributed by atoms with Crippen LogP contribution in [0.4, 0.5) is 0 Å². The Bertz CT molecular complexity index is 766. The van der Waals surface area contributed by atoms with Crippen molar-refractivity contribution in [2.45, 2.75) is 13.8 Å². The lowest BCUT2D eigenvalue weighted by molar-refractivity contribution is 0.806. The molecule has 0 aliphatic rings. The lowest BCUT2D eigenvalue weighted by Crippen LogP contribution is -2.06. The quantitative estimate of drug-likeness (QED) is 0.645. The van der Waals surface area contributed by atoms with Crippen LogP contribution in [0.1, 0.15) is 11.4 Å². The number of fused-ring (bicyclic) bond motifs is 1. The van der Waals surface area contributed by atoms with E-state index >= 15 is 0 Å². The molecule has 0 N–H and O–H groups in total. The summed E-state index contributed by atoms with van der Waals surface area (Å²) < 4.78 is 5.11. The minimum absolute atomic E-state index is 0.710. The molecule has 0 aliphatic heterocycles. The van der Waals surface area contributed by atoms with Crippen LogP contribution in [0.15, 0.2) is 28.7 Å². The van der Waals surface area contributed by atoms with Crippen molar-refractivity contribution in [3.8, 4) is 5.95 Å². The Kier molecular flexibility index (Phi) is 2.95. The smallest absolute Gasteiger partial charge is 0.215 e. The lowest BCUT2D eigenvalue weighted by atomic mass is 10.3. The molecule has 19 heavy (non-hydrogen) atoms. The molecule has 0 unspecified atom stereocenters. The fourth-order valence-electron chi connectivity index (χ4n) is 2.41. The Balaban J connectivity index is 2.42. The average molecular weight is 339 g/mol. The van der Waals surface area contributed by atoms with Gasteiger partial charge in [-0.05, 0) is 54.0 Å². The molecule has 3 rings (SSSR count). The van der Waals surface area contributed by atoms with E-state index in [0.29, 0.717) is 5.02 Å². The minimum atomic E-state index is 0.710. The molecule has 0 radical (unpaired) electrons. The molecule has 0 saturated carbocycles. The van der Waals surface area contributed by atoms with E-state index in [1.54, 1.807) is 0 Å². The Morgan fingerprint density at radius 3 is 2.32 bits per heavy atom. The molecule has 0 amide bonds. The van der Waals surface area contributed by atoms with Crippen molar-refractivity contribution in [3.63, 3.8) is 0 Å². The van der Waals surface area contributed by atoms with Crippen LogP contribution in [0.5, 0.6) is 0 Å². The van der Waals surface area contributed by atoms with Crippen LogP contribution < -0.4 is 0 Å². The fourth-order valence-corrected chi connectivity index (χ4v) is 3.10. The highest BCUT2D eigenvalue weighted by Gasteiger charge is 2.16. The molecule has 0 bridgehead atoms. The van der Waals surface area contributed by atoms with Gasteiger partial charge in [0.1, 0.15) is 5.52 Å². The highest BCUT2D eigenvalue weighted by molar-refractivity contribution is 9.10. The molecule has 2 heterocycles. The van der Waals surface area contributed by atoms with E-state index in [0.717, 1.165) is 32.8 Å². The van der Waals surface area contributed by atoms with Crippen molar-refractivity contribution in [3.05, 3.63) is 45.1 Å². The number of imidazole rings is 1. The zero-order valence-electron chi connectivity index (χ0n) is 10.9. The van der Waals surface area contributed by atoms with Crippen LogP contribution in [-0.4, -0.2) is 14.1 Å². The molecule has 0 atom stereocenters. The van der Waals surface area contributed by atoms with Crippen molar-refractivity contribution in [2.75, 3.05) is 0 Å². The molecule has 0 fully saturated rings. The summed E-state index contributed by atoms with van der Waals surface area (Å²) in [7, 11) is 1.99. The zero-order chi connectivity index (χ0) is 13.7. The van der Waals surface area contributed by atoms with E-state index in [9.17, 15) is 0 Å². The summed E-state index contributed by atoms with van der Waals surface area (Å²) in [6.07, 6.45) is 0. The predicted molar refractivity (Wildman–Crippen MR) is 82.2 cm³/mol. The van der Waals surface area contributed by atoms with Crippen molar-refractivity contribution in [2.24, 2.45) is 7.05 Å². The Hall–Kier alpha value is -1.26. The molecule has 98 valence electrons. The number of aromatic nitrogens is 3. The Morgan fingerprint density at radius 1 is 1.11 bits per heavy atom. The first-order chi connectivity index (χ1) is 9.00. The van der Waals surface area contributed by atoms with Gasteiger partial charge in [0, 0.05) is 22.9 Å². The molecular weight excluding hydrogens is 326 g/mol. The third-order valence-corrected chi connectivity index (χ3v) is 4.32. The van der Waals surface area contributed by atoms with Crippen molar-refractivity contribution in [1.82, 2.24) is 14.1 Å². The van der Waals surface area contributed by atoms with E-state index in [1.165, 1.54) is 0 Å². The number of halogens is 2. The SMILES string of the molecule is Cc1ccc(C)n1-c1nc2c(Br)ccc(Cl)c2n1C. The summed E-state index contributed by atoms with van der Waals surface area (Å²) in [6.45, 7) is 4.14. The number of nitrogens with zero attached hydrogens (tertiary/aromatic N) is 3. The largest absolute Gasteiger partial charge is 0.311 e. The van der Waals surface area contributed by atoms with E-state index < -0.39 is 0 Å². The Labute approximate surface area is 124 Å². The average Bonchev–Trinajstić information content (AvgIpc) is 2.87. The first kappa shape index (κ1) is 12.8. The lowest BCUT2D eigenvalue weighted by Gasteiger charge is -2.08. The van der Waals surface area contributed by atoms with Crippen LogP contribution in [-0.2, 0) is 7.05 Å². The molecular formula is C14H13BrClN3. The van der Waals surface area contributed by atoms with Gasteiger partial charge in [-0.1, -0.05) is 11.6 Å². The van der Waals surface area contributed by atoms with Gasteiger partial charge in [-0.25, -0.2) is 4.98 Å². The number of hydrogen-bond acceptors (Lipinski definition) is 1. The van der Waals surface area contributed by atoms with Gasteiger partial charge in [-0.2, -0.15) is 0 Å². The van der Waals surface area contributed by atoms with Crippen LogP contribution >= 0.6 is 27.5 Å². The monoisotopic (exact) mass is 337 g/mol. The summed E-state index contributed by atoms with van der Waals surface area (Å²) in [5.41, 5.74) is 4.14. The summed E-state index contributed by atoms with van der Waals surface area (Å²) in [5, 5.41) is 0.710. The Morgan fingerprint density at radius 2 is 1.74 bits per heavy atom. The molecule has 3 aromatic rings. The fraction of sp³-hybridized carbons (Fsp3) is 0.214.